The van der Waals surface area contributed by atoms with Crippen LogP contribution in [-0.4, -0.2) is 116 Å². The molecule has 7 N–H and O–H groups in total. The van der Waals surface area contributed by atoms with Gasteiger partial charge in [0.15, 0.2) is 63.3 Å². The van der Waals surface area contributed by atoms with Gasteiger partial charge in [-0.1, -0.05) is 189 Å². The summed E-state index contributed by atoms with van der Waals surface area (Å²) in [4.78, 5) is 73.6. The molecule has 0 aliphatic heterocycles. The largest absolute Gasteiger partial charge is 0.508 e. The average molecular weight is 1800 g/mol. The van der Waals surface area contributed by atoms with E-state index in [1.165, 1.54) is 30.3 Å². The summed E-state index contributed by atoms with van der Waals surface area (Å²) in [5, 5.41) is 91.1. The van der Waals surface area contributed by atoms with Gasteiger partial charge in [-0.2, -0.15) is 0 Å². The van der Waals surface area contributed by atoms with Gasteiger partial charge in [-0.25, -0.2) is 4.39 Å². The van der Waals surface area contributed by atoms with Gasteiger partial charge in [0.2, 0.25) is 11.5 Å². The molecule has 10 aromatic carbocycles. The third-order valence-corrected chi connectivity index (χ3v) is 20.5. The normalized spacial score (nSPS) is 10.7. The number of phenolic OH excluding ortho intramolecular Hbond substituents is 7. The molecule has 16 aromatic rings. The lowest BCUT2D eigenvalue weighted by Gasteiger charge is -2.03. The minimum absolute atomic E-state index is 0.0307. The number of aromatic nitrogens is 6. The lowest BCUT2D eigenvalue weighted by atomic mass is 10.0. The number of aromatic hydroxyl groups is 7. The molecule has 682 valence electrons. The molecule has 0 aliphatic rings. The Morgan fingerprint density at radius 1 is 0.316 bits per heavy atom. The predicted molar refractivity (Wildman–Crippen MR) is 493 cm³/mol. The number of aryl methyl sites for hydroxylation is 6. The first kappa shape index (κ1) is 97.2. The number of hydrogen-bond donors (Lipinski definition) is 7. The van der Waals surface area contributed by atoms with Crippen LogP contribution in [0.2, 0.25) is 0 Å². The first-order valence-electron chi connectivity index (χ1n) is 42.1. The second kappa shape index (κ2) is 45.5. The number of nitrogens with zero attached hydrogens (tertiary/aromatic N) is 6. The van der Waals surface area contributed by atoms with E-state index in [0.717, 1.165) is 56.7 Å². The fraction of sp³-hybridized carbons (Fsp3) is 0.200. The standard InChI is InChI=1S/2C19H17NO4.C18H14FNO3.C18H15NO4.C16H19NO3.C15H17NO3/c1-12-6-7-17(21)14(8-12)10-18(22)16-11-19(24-20-16)13-4-3-5-15(9-13)23-2;1-12-6-7-17(21)14(8-12)10-18(22)19-11-16(20-24-19)13-4-3-5-15(9-13)23-2;1-11-2-7-16(21)13(8-11)9-17(22)15-10-18(23-20-15)12-3-5-14(19)6-4-12;1-11-2-7-16(21)13(8-11)9-17(22)15-10-18(23-19-15)12-3-5-14(20)6-4-12;1-10(2)6-13-9-14(17-20-13)16(19)8-12-7-11(3)4-5-15(12)18;1-9(2)15-8-12(16-19-15)14(18)7-11-6-10(3)4-5-13(11)17/h2*3-9,11,21H,10H2,1-2H3;2-8,10,21H,9H2,1H3;2-8,10,20-21H,9H2,1H3;4-5,7,9-10,18H,6,8H2,1-3H3;4-6,8-9,17H,7H2,1-3H3. The highest BCUT2D eigenvalue weighted by Gasteiger charge is 2.24. The van der Waals surface area contributed by atoms with Gasteiger partial charge < -0.3 is 72.4 Å². The highest BCUT2D eigenvalue weighted by atomic mass is 19.1. The molecule has 6 heterocycles. The second-order valence-electron chi connectivity index (χ2n) is 32.3. The fourth-order valence-electron chi connectivity index (χ4n) is 13.3. The summed E-state index contributed by atoms with van der Waals surface area (Å²) >= 11 is 0. The Morgan fingerprint density at radius 3 is 0.985 bits per heavy atom. The predicted octanol–water partition coefficient (Wildman–Crippen LogP) is 21.5. The van der Waals surface area contributed by atoms with Crippen molar-refractivity contribution in [1.29, 1.82) is 0 Å². The quantitative estimate of drug-likeness (QED) is 0.0235. The number of phenols is 7. The van der Waals surface area contributed by atoms with E-state index < -0.39 is 0 Å². The molecular formula is C105H99FN6O21. The maximum Gasteiger partial charge on any atom is 0.205 e. The molecule has 0 saturated carbocycles. The number of hydrogen-bond acceptors (Lipinski definition) is 27. The topological polar surface area (TPSA) is 419 Å². The Bertz CT molecular complexity index is 6460. The van der Waals surface area contributed by atoms with Gasteiger partial charge in [-0.3, -0.25) is 28.8 Å². The first-order valence-corrected chi connectivity index (χ1v) is 42.1. The van der Waals surface area contributed by atoms with E-state index in [0.29, 0.717) is 102 Å². The Morgan fingerprint density at radius 2 is 0.632 bits per heavy atom. The summed E-state index contributed by atoms with van der Waals surface area (Å²) in [6.45, 7) is 19.5. The van der Waals surface area contributed by atoms with E-state index in [1.807, 2.05) is 104 Å². The molecule has 0 spiro atoms. The molecule has 0 saturated heterocycles. The molecule has 133 heavy (non-hydrogen) atoms. The average Bonchev–Trinajstić information content (AvgIpc) is 1.54. The smallest absolute Gasteiger partial charge is 0.205 e. The summed E-state index contributed by atoms with van der Waals surface area (Å²) in [6, 6.07) is 67.4. The van der Waals surface area contributed by atoms with E-state index >= 15 is 0 Å². The van der Waals surface area contributed by atoms with Crippen LogP contribution in [0.25, 0.3) is 45.2 Å². The number of ketones is 6. The third kappa shape index (κ3) is 27.8. The number of methoxy groups -OCH3 is 2. The van der Waals surface area contributed by atoms with Crippen molar-refractivity contribution in [3.8, 4) is 97.0 Å². The van der Waals surface area contributed by atoms with Gasteiger partial charge in [0.1, 0.15) is 86.2 Å². The number of rotatable bonds is 27. The SMILES string of the molecule is COc1cccc(-c2cc(C(=O)Cc3cc(C)ccc3O)no2)c1.COc1cccc(-c2cc(C(=O)Cc3cc(C)ccc3O)on2)c1.Cc1ccc(O)c(CC(=O)c2cc(-c3ccc(F)cc3)on2)c1.Cc1ccc(O)c(CC(=O)c2cc(-c3ccc(O)cc3)on2)c1.Cc1ccc(O)c(CC(=O)c2cc(C(C)C)on2)c1.Cc1ccc(O)c(CC(=O)c2cc(CC(C)C)on2)c1. The Hall–Kier alpha value is -16.4. The van der Waals surface area contributed by atoms with Crippen LogP contribution in [0.3, 0.4) is 0 Å². The Labute approximate surface area is 765 Å². The zero-order chi connectivity index (χ0) is 95.7. The van der Waals surface area contributed by atoms with Crippen LogP contribution in [-0.2, 0) is 44.9 Å². The maximum absolute atomic E-state index is 12.9. The van der Waals surface area contributed by atoms with Crippen LogP contribution in [0.5, 0.6) is 51.7 Å². The van der Waals surface area contributed by atoms with Crippen LogP contribution in [0, 0.1) is 53.3 Å². The van der Waals surface area contributed by atoms with Crippen LogP contribution in [0.4, 0.5) is 4.39 Å². The molecule has 27 nitrogen and oxygen atoms in total. The summed E-state index contributed by atoms with van der Waals surface area (Å²) in [7, 11) is 3.17. The number of carbonyl (C=O) groups excluding carboxylic acids is 6. The molecule has 0 amide bonds. The molecule has 0 unspecified atom stereocenters. The van der Waals surface area contributed by atoms with E-state index in [4.69, 9.17) is 36.6 Å². The number of benzene rings is 10. The Kier molecular flexibility index (Phi) is 33.3. The van der Waals surface area contributed by atoms with E-state index in [1.54, 1.807) is 178 Å². The highest BCUT2D eigenvalue weighted by molar-refractivity contribution is 6.00. The molecule has 6 aromatic heterocycles. The molecule has 0 fully saturated rings. The van der Waals surface area contributed by atoms with Gasteiger partial charge in [0.25, 0.3) is 0 Å². The van der Waals surface area contributed by atoms with Gasteiger partial charge in [0, 0.05) is 143 Å². The van der Waals surface area contributed by atoms with E-state index in [-0.39, 0.29) is 148 Å². The van der Waals surface area contributed by atoms with Crippen LogP contribution in [0.15, 0.2) is 270 Å². The lowest BCUT2D eigenvalue weighted by Crippen LogP contribution is -2.04. The van der Waals surface area contributed by atoms with Crippen LogP contribution < -0.4 is 9.47 Å². The van der Waals surface area contributed by atoms with Crippen molar-refractivity contribution in [2.24, 2.45) is 5.92 Å². The van der Waals surface area contributed by atoms with Gasteiger partial charge in [0.05, 0.1) is 14.2 Å². The van der Waals surface area contributed by atoms with Crippen molar-refractivity contribution >= 4 is 34.7 Å². The molecule has 0 radical (unpaired) electrons. The van der Waals surface area contributed by atoms with Crippen molar-refractivity contribution in [2.75, 3.05) is 14.2 Å². The summed E-state index contributed by atoms with van der Waals surface area (Å²) in [5.74, 6) is 4.12. The lowest BCUT2D eigenvalue weighted by molar-refractivity contribution is 0.0952. The molecule has 28 heteroatoms. The van der Waals surface area contributed by atoms with Gasteiger partial charge in [-0.15, -0.1) is 0 Å². The minimum atomic E-state index is -0.348. The second-order valence-corrected chi connectivity index (χ2v) is 32.3. The molecule has 0 bridgehead atoms. The number of Topliss-reactive ketones (excluding diaryl/α,β-unsaturated/α-hetero) is 6. The monoisotopic (exact) mass is 1800 g/mol. The third-order valence-electron chi connectivity index (χ3n) is 20.5. The summed E-state index contributed by atoms with van der Waals surface area (Å²) < 4.78 is 54.3. The van der Waals surface area contributed by atoms with Crippen molar-refractivity contribution in [1.82, 2.24) is 30.9 Å². The van der Waals surface area contributed by atoms with Crippen molar-refractivity contribution < 1.29 is 106 Å². The van der Waals surface area contributed by atoms with Crippen molar-refractivity contribution in [3.05, 3.63) is 361 Å². The first-order chi connectivity index (χ1) is 63.6. The van der Waals surface area contributed by atoms with Crippen molar-refractivity contribution in [3.63, 3.8) is 0 Å². The molecular weight excluding hydrogens is 1700 g/mol. The summed E-state index contributed by atoms with van der Waals surface area (Å²) in [5.41, 5.74) is 14.1. The van der Waals surface area contributed by atoms with Crippen LogP contribution in [0.1, 0.15) is 175 Å². The molecule has 0 aliphatic carbocycles. The maximum atomic E-state index is 12.9. The highest BCUT2D eigenvalue weighted by Crippen LogP contribution is 2.33. The minimum Gasteiger partial charge on any atom is -0.508 e. The Balaban J connectivity index is 0.000000154. The molecule has 0 atom stereocenters. The fourth-order valence-corrected chi connectivity index (χ4v) is 13.3. The zero-order valence-electron chi connectivity index (χ0n) is 75.1. The van der Waals surface area contributed by atoms with Crippen molar-refractivity contribution in [2.45, 2.75) is 120 Å². The summed E-state index contributed by atoms with van der Waals surface area (Å²) in [6.07, 6.45) is 1.21. The number of halogens is 1. The van der Waals surface area contributed by atoms with Gasteiger partial charge >= 0.3 is 0 Å². The van der Waals surface area contributed by atoms with E-state index in [9.17, 15) is 68.9 Å². The van der Waals surface area contributed by atoms with Crippen LogP contribution >= 0.6 is 0 Å². The molecule has 16 rings (SSSR count). The number of ether oxygens (including phenoxy) is 2. The van der Waals surface area contributed by atoms with Gasteiger partial charge in [-0.05, 0) is 157 Å². The zero-order valence-corrected chi connectivity index (χ0v) is 75.1. The van der Waals surface area contributed by atoms with E-state index in [2.05, 4.69) is 44.8 Å². The number of carbonyl (C=O) groups is 6.